The summed E-state index contributed by atoms with van der Waals surface area (Å²) in [6.45, 7) is 0.164. The summed E-state index contributed by atoms with van der Waals surface area (Å²) >= 11 is 0.874. The summed E-state index contributed by atoms with van der Waals surface area (Å²) < 4.78 is 173. The molecule has 0 bridgehead atoms. The summed E-state index contributed by atoms with van der Waals surface area (Å²) in [5.41, 5.74) is 0. The van der Waals surface area contributed by atoms with Gasteiger partial charge in [-0.15, -0.1) is 22.7 Å². The van der Waals surface area contributed by atoms with Gasteiger partial charge in [0, 0.05) is 21.1 Å². The molecule has 200 valence electrons. The maximum absolute atomic E-state index is 14.3. The minimum atomic E-state index is -5.35. The highest BCUT2D eigenvalue weighted by Crippen LogP contribution is 2.47. The van der Waals surface area contributed by atoms with Crippen LogP contribution >= 0.6 is 22.7 Å². The predicted molar refractivity (Wildman–Crippen MR) is 105 cm³/mol. The smallest absolute Gasteiger partial charge is 0.207 e. The van der Waals surface area contributed by atoms with Crippen LogP contribution in [0.1, 0.15) is 42.4 Å². The van der Waals surface area contributed by atoms with Crippen LogP contribution in [-0.2, 0) is 12.3 Å². The van der Waals surface area contributed by atoms with E-state index in [0.717, 1.165) is 18.2 Å². The molecular weight excluding hydrogens is 551 g/mol. The largest absolute Gasteiger partial charge is 0.394 e. The molecule has 0 fully saturated rings. The fourth-order valence-corrected chi connectivity index (χ4v) is 5.41. The van der Waals surface area contributed by atoms with Crippen molar-refractivity contribution in [2.24, 2.45) is 0 Å². The minimum absolute atomic E-state index is 0.0192. The molecule has 0 amide bonds. The maximum atomic E-state index is 14.3. The van der Waals surface area contributed by atoms with Crippen LogP contribution in [0.15, 0.2) is 24.3 Å². The van der Waals surface area contributed by atoms with E-state index in [1.54, 1.807) is 0 Å². The molecule has 0 aromatic carbocycles. The molecule has 0 nitrogen and oxygen atoms in total. The fraction of sp³-hybridized carbons (Fsp3) is 0.600. The molecule has 0 saturated heterocycles. The highest BCUT2D eigenvalue weighted by Gasteiger charge is 2.51. The zero-order valence-electron chi connectivity index (χ0n) is 17.6. The van der Waals surface area contributed by atoms with E-state index in [9.17, 15) is 57.1 Å². The lowest BCUT2D eigenvalue weighted by Crippen LogP contribution is -2.34. The van der Waals surface area contributed by atoms with Crippen molar-refractivity contribution in [3.05, 3.63) is 34.0 Å². The summed E-state index contributed by atoms with van der Waals surface area (Å²) in [6.07, 6.45) is -16.0. The second-order valence-corrected chi connectivity index (χ2v) is 10.5. The molecule has 2 aromatic heterocycles. The molecule has 0 N–H and O–H groups in total. The van der Waals surface area contributed by atoms with Crippen LogP contribution in [-0.4, -0.2) is 29.9 Å². The molecule has 0 spiro atoms. The lowest BCUT2D eigenvalue weighted by Gasteiger charge is -2.24. The summed E-state index contributed by atoms with van der Waals surface area (Å²) in [6, 6.07) is 4.05. The lowest BCUT2D eigenvalue weighted by atomic mass is 10.0. The standard InChI is InChI=1S/C20H17F13S2/c1-15(21,22)7-17(25,26)9-19(29,30)14-5-4-13(35-14)12-3-2-11(34-12)6-16(23,24)8-18(27,28)10-20(31,32)33/h2-5H,6-10H2,1H3. The summed E-state index contributed by atoms with van der Waals surface area (Å²) in [7, 11) is 0. The van der Waals surface area contributed by atoms with Crippen molar-refractivity contribution in [2.75, 3.05) is 0 Å². The molecule has 2 aromatic rings. The number of hydrogen-bond acceptors (Lipinski definition) is 2. The molecule has 0 saturated carbocycles. The van der Waals surface area contributed by atoms with Gasteiger partial charge in [-0.1, -0.05) is 0 Å². The monoisotopic (exact) mass is 568 g/mol. The van der Waals surface area contributed by atoms with Crippen molar-refractivity contribution in [1.82, 2.24) is 0 Å². The van der Waals surface area contributed by atoms with Crippen molar-refractivity contribution in [3.63, 3.8) is 0 Å². The van der Waals surface area contributed by atoms with Crippen LogP contribution in [0.2, 0.25) is 0 Å². The second-order valence-electron chi connectivity index (χ2n) is 8.27. The first-order chi connectivity index (χ1) is 15.5. The molecular formula is C20H17F13S2. The van der Waals surface area contributed by atoms with Crippen LogP contribution in [0, 0.1) is 0 Å². The second kappa shape index (κ2) is 9.75. The Morgan fingerprint density at radius 3 is 1.63 bits per heavy atom. The van der Waals surface area contributed by atoms with E-state index < -0.39 is 72.8 Å². The molecule has 0 unspecified atom stereocenters. The fourth-order valence-electron chi connectivity index (χ4n) is 3.25. The SMILES string of the molecule is CC(F)(F)CC(F)(F)CC(F)(F)c1ccc(-c2ccc(CC(F)(F)CC(F)(F)CC(F)(F)F)s2)s1. The van der Waals surface area contributed by atoms with Gasteiger partial charge in [-0.05, 0) is 31.2 Å². The topological polar surface area (TPSA) is 0 Å². The number of hydrogen-bond donors (Lipinski definition) is 0. The highest BCUT2D eigenvalue weighted by molar-refractivity contribution is 7.22. The van der Waals surface area contributed by atoms with E-state index in [2.05, 4.69) is 0 Å². The Morgan fingerprint density at radius 1 is 0.571 bits per heavy atom. The Hall–Kier alpha value is -1.51. The van der Waals surface area contributed by atoms with Crippen molar-refractivity contribution in [2.45, 2.75) is 74.8 Å². The Balaban J connectivity index is 2.12. The van der Waals surface area contributed by atoms with E-state index in [4.69, 9.17) is 0 Å². The molecule has 35 heavy (non-hydrogen) atoms. The first-order valence-corrected chi connectivity index (χ1v) is 11.3. The van der Waals surface area contributed by atoms with Gasteiger partial charge in [-0.25, -0.2) is 43.9 Å². The Labute approximate surface area is 198 Å². The molecule has 0 atom stereocenters. The quantitative estimate of drug-likeness (QED) is 0.237. The number of rotatable bonds is 11. The van der Waals surface area contributed by atoms with Crippen LogP contribution < -0.4 is 0 Å². The van der Waals surface area contributed by atoms with Crippen LogP contribution in [0.4, 0.5) is 57.1 Å². The third-order valence-electron chi connectivity index (χ3n) is 4.33. The number of halogens is 13. The van der Waals surface area contributed by atoms with E-state index >= 15 is 0 Å². The molecule has 0 aliphatic carbocycles. The predicted octanol–water partition coefficient (Wildman–Crippen LogP) is 9.79. The average Bonchev–Trinajstić information content (AvgIpc) is 3.15. The lowest BCUT2D eigenvalue weighted by molar-refractivity contribution is -0.205. The van der Waals surface area contributed by atoms with Gasteiger partial charge in [0.25, 0.3) is 29.6 Å². The first-order valence-electron chi connectivity index (χ1n) is 9.63. The minimum Gasteiger partial charge on any atom is -0.207 e. The van der Waals surface area contributed by atoms with Gasteiger partial charge < -0.3 is 0 Å². The molecule has 2 rings (SSSR count). The maximum Gasteiger partial charge on any atom is 0.394 e. The van der Waals surface area contributed by atoms with Crippen molar-refractivity contribution >= 4 is 22.7 Å². The van der Waals surface area contributed by atoms with E-state index in [-0.39, 0.29) is 21.6 Å². The van der Waals surface area contributed by atoms with E-state index in [1.165, 1.54) is 6.07 Å². The van der Waals surface area contributed by atoms with Gasteiger partial charge in [-0.3, -0.25) is 0 Å². The average molecular weight is 568 g/mol. The van der Waals surface area contributed by atoms with Crippen LogP contribution in [0.5, 0.6) is 0 Å². The third-order valence-corrected chi connectivity index (χ3v) is 6.81. The van der Waals surface area contributed by atoms with Gasteiger partial charge >= 0.3 is 6.18 Å². The first kappa shape index (κ1) is 29.7. The zero-order chi connectivity index (χ0) is 27.1. The normalized spacial score (nSPS) is 14.6. The highest BCUT2D eigenvalue weighted by atomic mass is 32.1. The third kappa shape index (κ3) is 9.81. The molecule has 0 aliphatic rings. The number of thiophene rings is 2. The molecule has 2 heterocycles. The van der Waals surface area contributed by atoms with Gasteiger partial charge in [0.15, 0.2) is 0 Å². The Bertz CT molecular complexity index is 980. The van der Waals surface area contributed by atoms with Crippen LogP contribution in [0.3, 0.4) is 0 Å². The number of alkyl halides is 13. The molecule has 0 aliphatic heterocycles. The van der Waals surface area contributed by atoms with E-state index in [1.807, 2.05) is 0 Å². The summed E-state index contributed by atoms with van der Waals surface area (Å²) in [5, 5.41) is 0. The van der Waals surface area contributed by atoms with Crippen molar-refractivity contribution < 1.29 is 57.1 Å². The molecule has 15 heteroatoms. The van der Waals surface area contributed by atoms with Gasteiger partial charge in [0.05, 0.1) is 24.1 Å². The Kier molecular flexibility index (Phi) is 8.28. The van der Waals surface area contributed by atoms with Gasteiger partial charge in [0.1, 0.15) is 6.42 Å². The van der Waals surface area contributed by atoms with Gasteiger partial charge in [0.2, 0.25) is 0 Å². The zero-order valence-corrected chi connectivity index (χ0v) is 19.2. The van der Waals surface area contributed by atoms with Crippen LogP contribution in [0.25, 0.3) is 9.75 Å². The van der Waals surface area contributed by atoms with Crippen molar-refractivity contribution in [1.29, 1.82) is 0 Å². The van der Waals surface area contributed by atoms with E-state index in [0.29, 0.717) is 22.7 Å². The molecule has 0 radical (unpaired) electrons. The Morgan fingerprint density at radius 2 is 1.09 bits per heavy atom. The van der Waals surface area contributed by atoms with Crippen molar-refractivity contribution in [3.8, 4) is 9.75 Å². The van der Waals surface area contributed by atoms with Gasteiger partial charge in [-0.2, -0.15) is 13.2 Å². The summed E-state index contributed by atoms with van der Waals surface area (Å²) in [4.78, 5) is -1.01. The summed E-state index contributed by atoms with van der Waals surface area (Å²) in [5.74, 6) is -21.4.